The maximum atomic E-state index is 12.8. The van der Waals surface area contributed by atoms with E-state index in [1.54, 1.807) is 0 Å². The van der Waals surface area contributed by atoms with E-state index in [1.807, 2.05) is 0 Å². The molecule has 0 fully saturated rings. The zero-order valence-electron chi connectivity index (χ0n) is 6.52. The average molecular weight is 256 g/mol. The minimum atomic E-state index is -2.90. The van der Waals surface area contributed by atoms with Gasteiger partial charge in [0, 0.05) is 10.5 Å². The van der Waals surface area contributed by atoms with Gasteiger partial charge in [-0.2, -0.15) is 9.37 Å². The fraction of sp³-hybridized carbons (Fsp3) is 0.286. The van der Waals surface area contributed by atoms with E-state index in [4.69, 9.17) is 0 Å². The van der Waals surface area contributed by atoms with Gasteiger partial charge < -0.3 is 4.74 Å². The fourth-order valence-electron chi connectivity index (χ4n) is 0.773. The largest absolute Gasteiger partial charge is 0.481 e. The standard InChI is InChI=1S/C7H5BrF3NO/c1-13-4-2-3(8)5(6(9)10)7(11)12-4/h2,6H,1H3. The van der Waals surface area contributed by atoms with Crippen LogP contribution in [0.2, 0.25) is 0 Å². The first-order valence-corrected chi connectivity index (χ1v) is 4.03. The molecule has 13 heavy (non-hydrogen) atoms. The van der Waals surface area contributed by atoms with Gasteiger partial charge in [0.25, 0.3) is 6.43 Å². The molecule has 1 rings (SSSR count). The summed E-state index contributed by atoms with van der Waals surface area (Å²) < 4.78 is 41.7. The Bertz CT molecular complexity index is 296. The van der Waals surface area contributed by atoms with Crippen molar-refractivity contribution in [1.29, 1.82) is 0 Å². The summed E-state index contributed by atoms with van der Waals surface area (Å²) in [6, 6.07) is 1.19. The van der Waals surface area contributed by atoms with E-state index in [9.17, 15) is 13.2 Å². The van der Waals surface area contributed by atoms with Crippen LogP contribution in [0.25, 0.3) is 0 Å². The maximum Gasteiger partial charge on any atom is 0.269 e. The van der Waals surface area contributed by atoms with Crippen molar-refractivity contribution in [2.24, 2.45) is 0 Å². The second-order valence-electron chi connectivity index (χ2n) is 2.15. The van der Waals surface area contributed by atoms with E-state index in [2.05, 4.69) is 25.7 Å². The first kappa shape index (κ1) is 10.3. The Labute approximate surface area is 80.9 Å². The Morgan fingerprint density at radius 1 is 1.54 bits per heavy atom. The molecule has 0 aliphatic rings. The Morgan fingerprint density at radius 2 is 2.15 bits per heavy atom. The number of aromatic nitrogens is 1. The molecule has 0 N–H and O–H groups in total. The highest BCUT2D eigenvalue weighted by atomic mass is 79.9. The molecule has 0 aliphatic heterocycles. The summed E-state index contributed by atoms with van der Waals surface area (Å²) in [4.78, 5) is 3.17. The monoisotopic (exact) mass is 255 g/mol. The summed E-state index contributed by atoms with van der Waals surface area (Å²) in [6.45, 7) is 0. The molecule has 0 atom stereocenters. The summed E-state index contributed by atoms with van der Waals surface area (Å²) in [5.74, 6) is -1.27. The Balaban J connectivity index is 3.23. The van der Waals surface area contributed by atoms with Gasteiger partial charge in [-0.1, -0.05) is 0 Å². The summed E-state index contributed by atoms with van der Waals surface area (Å²) >= 11 is 2.80. The highest BCUT2D eigenvalue weighted by Crippen LogP contribution is 2.31. The van der Waals surface area contributed by atoms with E-state index in [-0.39, 0.29) is 10.4 Å². The van der Waals surface area contributed by atoms with Crippen molar-refractivity contribution < 1.29 is 17.9 Å². The van der Waals surface area contributed by atoms with Crippen LogP contribution < -0.4 is 4.74 Å². The van der Waals surface area contributed by atoms with Crippen LogP contribution in [-0.2, 0) is 0 Å². The lowest BCUT2D eigenvalue weighted by Crippen LogP contribution is -1.98. The van der Waals surface area contributed by atoms with Crippen LogP contribution in [0.5, 0.6) is 5.88 Å². The molecule has 0 spiro atoms. The molecular weight excluding hydrogens is 251 g/mol. The molecule has 72 valence electrons. The third kappa shape index (κ3) is 2.12. The average Bonchev–Trinajstić information content (AvgIpc) is 2.02. The van der Waals surface area contributed by atoms with Gasteiger partial charge in [-0.25, -0.2) is 8.78 Å². The summed E-state index contributed by atoms with van der Waals surface area (Å²) in [7, 11) is 1.27. The fourth-order valence-corrected chi connectivity index (χ4v) is 1.31. The number of rotatable bonds is 2. The Kier molecular flexibility index (Phi) is 3.13. The number of nitrogens with zero attached hydrogens (tertiary/aromatic N) is 1. The molecule has 0 bridgehead atoms. The zero-order chi connectivity index (χ0) is 10.0. The number of pyridine rings is 1. The third-order valence-corrected chi connectivity index (χ3v) is 2.02. The molecule has 0 aromatic carbocycles. The van der Waals surface area contributed by atoms with Crippen LogP contribution in [0, 0.1) is 5.95 Å². The van der Waals surface area contributed by atoms with Crippen molar-refractivity contribution in [3.63, 3.8) is 0 Å². The minimum absolute atomic E-state index is 0.0474. The topological polar surface area (TPSA) is 22.1 Å². The number of hydrogen-bond acceptors (Lipinski definition) is 2. The highest BCUT2D eigenvalue weighted by Gasteiger charge is 2.19. The van der Waals surface area contributed by atoms with Crippen molar-refractivity contribution in [1.82, 2.24) is 4.98 Å². The van der Waals surface area contributed by atoms with E-state index >= 15 is 0 Å². The molecule has 2 nitrogen and oxygen atoms in total. The molecule has 0 aliphatic carbocycles. The summed E-state index contributed by atoms with van der Waals surface area (Å²) in [6.07, 6.45) is -2.90. The van der Waals surface area contributed by atoms with Crippen LogP contribution in [0.4, 0.5) is 13.2 Å². The molecule has 1 aromatic heterocycles. The zero-order valence-corrected chi connectivity index (χ0v) is 8.11. The van der Waals surface area contributed by atoms with Crippen molar-refractivity contribution in [2.75, 3.05) is 7.11 Å². The van der Waals surface area contributed by atoms with Crippen molar-refractivity contribution in [3.8, 4) is 5.88 Å². The van der Waals surface area contributed by atoms with Gasteiger partial charge in [0.05, 0.1) is 12.7 Å². The summed E-state index contributed by atoms with van der Waals surface area (Å²) in [5.41, 5.74) is -0.749. The predicted molar refractivity (Wildman–Crippen MR) is 43.4 cm³/mol. The van der Waals surface area contributed by atoms with Crippen molar-refractivity contribution >= 4 is 15.9 Å². The quantitative estimate of drug-likeness (QED) is 0.759. The molecule has 0 unspecified atom stereocenters. The molecule has 1 heterocycles. The van der Waals surface area contributed by atoms with Crippen LogP contribution in [0.1, 0.15) is 12.0 Å². The van der Waals surface area contributed by atoms with E-state index in [1.165, 1.54) is 13.2 Å². The van der Waals surface area contributed by atoms with Crippen molar-refractivity contribution in [3.05, 3.63) is 22.1 Å². The molecule has 0 saturated heterocycles. The van der Waals surface area contributed by atoms with Gasteiger partial charge in [-0.15, -0.1) is 0 Å². The van der Waals surface area contributed by atoms with Gasteiger partial charge in [0.2, 0.25) is 11.8 Å². The third-order valence-electron chi connectivity index (χ3n) is 1.37. The maximum absolute atomic E-state index is 12.8. The summed E-state index contributed by atoms with van der Waals surface area (Å²) in [5, 5.41) is 0. The number of alkyl halides is 2. The molecule has 0 amide bonds. The van der Waals surface area contributed by atoms with Gasteiger partial charge in [0.1, 0.15) is 0 Å². The Morgan fingerprint density at radius 3 is 2.54 bits per heavy atom. The van der Waals surface area contributed by atoms with E-state index < -0.39 is 17.9 Å². The molecule has 0 radical (unpaired) electrons. The van der Waals surface area contributed by atoms with Gasteiger partial charge in [-0.05, 0) is 15.9 Å². The molecule has 1 aromatic rings. The van der Waals surface area contributed by atoms with E-state index in [0.29, 0.717) is 0 Å². The number of hydrogen-bond donors (Lipinski definition) is 0. The first-order chi connectivity index (χ1) is 6.06. The van der Waals surface area contributed by atoms with E-state index in [0.717, 1.165) is 0 Å². The van der Waals surface area contributed by atoms with Crippen molar-refractivity contribution in [2.45, 2.75) is 6.43 Å². The predicted octanol–water partition coefficient (Wildman–Crippen LogP) is 2.93. The van der Waals surface area contributed by atoms with Gasteiger partial charge in [-0.3, -0.25) is 0 Å². The Hall–Kier alpha value is -0.780. The number of methoxy groups -OCH3 is 1. The minimum Gasteiger partial charge on any atom is -0.481 e. The lowest BCUT2D eigenvalue weighted by molar-refractivity contribution is 0.144. The van der Waals surface area contributed by atoms with Crippen LogP contribution >= 0.6 is 15.9 Å². The van der Waals surface area contributed by atoms with Gasteiger partial charge in [0.15, 0.2) is 0 Å². The lowest BCUT2D eigenvalue weighted by Gasteiger charge is -2.05. The first-order valence-electron chi connectivity index (χ1n) is 3.24. The smallest absolute Gasteiger partial charge is 0.269 e. The number of halogens is 4. The van der Waals surface area contributed by atoms with Crippen LogP contribution in [0.3, 0.4) is 0 Å². The van der Waals surface area contributed by atoms with Crippen LogP contribution in [0.15, 0.2) is 10.5 Å². The second-order valence-corrected chi connectivity index (χ2v) is 3.01. The second kappa shape index (κ2) is 3.95. The van der Waals surface area contributed by atoms with Gasteiger partial charge >= 0.3 is 0 Å². The normalized spacial score (nSPS) is 10.6. The number of ether oxygens (including phenoxy) is 1. The lowest BCUT2D eigenvalue weighted by atomic mass is 10.3. The molecule has 0 saturated carbocycles. The van der Waals surface area contributed by atoms with Crippen LogP contribution in [-0.4, -0.2) is 12.1 Å². The highest BCUT2D eigenvalue weighted by molar-refractivity contribution is 9.10. The SMILES string of the molecule is COc1cc(Br)c(C(F)F)c(F)n1. The molecular formula is C7H5BrF3NO. The molecule has 6 heteroatoms.